The molecule has 0 radical (unpaired) electrons. The summed E-state index contributed by atoms with van der Waals surface area (Å²) in [7, 11) is 0. The highest BCUT2D eigenvalue weighted by molar-refractivity contribution is 7.80. The molecule has 0 atom stereocenters. The molecule has 0 saturated heterocycles. The predicted molar refractivity (Wildman–Crippen MR) is 80.6 cm³/mol. The van der Waals surface area contributed by atoms with E-state index in [4.69, 9.17) is 18.0 Å². The van der Waals surface area contributed by atoms with Crippen molar-refractivity contribution in [3.05, 3.63) is 65.7 Å². The molecular formula is C15H16N2S. The Morgan fingerprint density at radius 2 is 1.67 bits per heavy atom. The summed E-state index contributed by atoms with van der Waals surface area (Å²) in [6.45, 7) is 2.76. The topological polar surface area (TPSA) is 29.3 Å². The zero-order valence-electron chi connectivity index (χ0n) is 10.3. The second kappa shape index (κ2) is 5.65. The van der Waals surface area contributed by atoms with Gasteiger partial charge in [0, 0.05) is 5.69 Å². The number of benzene rings is 2. The van der Waals surface area contributed by atoms with Crippen molar-refractivity contribution in [1.82, 2.24) is 0 Å². The van der Waals surface area contributed by atoms with Gasteiger partial charge in [-0.1, -0.05) is 48.0 Å². The molecule has 0 heterocycles. The van der Waals surface area contributed by atoms with Crippen molar-refractivity contribution >= 4 is 23.0 Å². The second-order valence-electron chi connectivity index (χ2n) is 4.25. The molecule has 0 amide bonds. The van der Waals surface area contributed by atoms with Gasteiger partial charge in [0.25, 0.3) is 0 Å². The Bertz CT molecular complexity index is 520. The van der Waals surface area contributed by atoms with Gasteiger partial charge in [0.1, 0.15) is 0 Å². The van der Waals surface area contributed by atoms with Crippen LogP contribution in [-0.2, 0) is 6.54 Å². The molecule has 2 rings (SSSR count). The molecule has 2 nitrogen and oxygen atoms in total. The third-order valence-corrected chi connectivity index (χ3v) is 3.02. The summed E-state index contributed by atoms with van der Waals surface area (Å²) in [6.07, 6.45) is 0. The molecule has 0 aliphatic heterocycles. The summed E-state index contributed by atoms with van der Waals surface area (Å²) >= 11 is 5.13. The fourth-order valence-corrected chi connectivity index (χ4v) is 1.96. The van der Waals surface area contributed by atoms with E-state index in [-0.39, 0.29) is 0 Å². The summed E-state index contributed by atoms with van der Waals surface area (Å²) in [5.74, 6) is 0. The first-order valence-electron chi connectivity index (χ1n) is 5.84. The van der Waals surface area contributed by atoms with Crippen molar-refractivity contribution in [2.75, 3.05) is 4.90 Å². The summed E-state index contributed by atoms with van der Waals surface area (Å²) in [4.78, 5) is 1.93. The molecule has 0 aliphatic rings. The summed E-state index contributed by atoms with van der Waals surface area (Å²) in [5.41, 5.74) is 9.25. The smallest absolute Gasteiger partial charge is 0.171 e. The maximum atomic E-state index is 5.81. The van der Waals surface area contributed by atoms with Crippen LogP contribution < -0.4 is 10.6 Å². The third-order valence-electron chi connectivity index (χ3n) is 2.80. The number of nitrogens with zero attached hydrogens (tertiary/aromatic N) is 1. The fraction of sp³-hybridized carbons (Fsp3) is 0.133. The van der Waals surface area contributed by atoms with Crippen molar-refractivity contribution < 1.29 is 0 Å². The molecule has 0 aliphatic carbocycles. The van der Waals surface area contributed by atoms with Crippen LogP contribution in [0.25, 0.3) is 0 Å². The van der Waals surface area contributed by atoms with Gasteiger partial charge in [-0.05, 0) is 36.8 Å². The number of nitrogens with two attached hydrogens (primary N) is 1. The van der Waals surface area contributed by atoms with Crippen molar-refractivity contribution in [1.29, 1.82) is 0 Å². The van der Waals surface area contributed by atoms with Gasteiger partial charge in [-0.25, -0.2) is 0 Å². The molecule has 2 N–H and O–H groups in total. The van der Waals surface area contributed by atoms with Crippen LogP contribution in [0.4, 0.5) is 5.69 Å². The van der Waals surface area contributed by atoms with Gasteiger partial charge in [-0.2, -0.15) is 0 Å². The highest BCUT2D eigenvalue weighted by atomic mass is 32.1. The molecule has 0 aromatic heterocycles. The highest BCUT2D eigenvalue weighted by Crippen LogP contribution is 2.17. The lowest BCUT2D eigenvalue weighted by atomic mass is 10.2. The number of thiocarbonyl (C=S) groups is 1. The van der Waals surface area contributed by atoms with Gasteiger partial charge in [0.05, 0.1) is 6.54 Å². The molecule has 0 unspecified atom stereocenters. The Balaban J connectivity index is 2.24. The average molecular weight is 256 g/mol. The van der Waals surface area contributed by atoms with Crippen LogP contribution in [0.5, 0.6) is 0 Å². The maximum absolute atomic E-state index is 5.81. The van der Waals surface area contributed by atoms with Crippen molar-refractivity contribution in [3.63, 3.8) is 0 Å². The Labute approximate surface area is 113 Å². The average Bonchev–Trinajstić information content (AvgIpc) is 2.38. The fourth-order valence-electron chi connectivity index (χ4n) is 1.79. The highest BCUT2D eigenvalue weighted by Gasteiger charge is 2.09. The summed E-state index contributed by atoms with van der Waals surface area (Å²) < 4.78 is 0. The SMILES string of the molecule is Cc1ccc(N(Cc2ccccc2)C(N)=S)cc1. The van der Waals surface area contributed by atoms with Crippen molar-refractivity contribution in [2.45, 2.75) is 13.5 Å². The Kier molecular flexibility index (Phi) is 3.95. The maximum Gasteiger partial charge on any atom is 0.171 e. The number of rotatable bonds is 3. The molecule has 0 spiro atoms. The Morgan fingerprint density at radius 3 is 2.22 bits per heavy atom. The van der Waals surface area contributed by atoms with Crippen LogP contribution in [-0.4, -0.2) is 5.11 Å². The normalized spacial score (nSPS) is 10.1. The zero-order chi connectivity index (χ0) is 13.0. The summed E-state index contributed by atoms with van der Waals surface area (Å²) in [6, 6.07) is 18.4. The van der Waals surface area contributed by atoms with Crippen LogP contribution in [0, 0.1) is 6.92 Å². The predicted octanol–water partition coefficient (Wildman–Crippen LogP) is 3.25. The van der Waals surface area contributed by atoms with E-state index >= 15 is 0 Å². The molecule has 2 aromatic carbocycles. The standard InChI is InChI=1S/C15H16N2S/c1-12-7-9-14(10-8-12)17(15(16)18)11-13-5-3-2-4-6-13/h2-10H,11H2,1H3,(H2,16,18). The monoisotopic (exact) mass is 256 g/mol. The van der Waals surface area contributed by atoms with E-state index in [1.807, 2.05) is 35.2 Å². The summed E-state index contributed by atoms with van der Waals surface area (Å²) in [5, 5.41) is 0.391. The minimum absolute atomic E-state index is 0.391. The number of anilines is 1. The van der Waals surface area contributed by atoms with Gasteiger partial charge >= 0.3 is 0 Å². The molecule has 3 heteroatoms. The van der Waals surface area contributed by atoms with Crippen LogP contribution >= 0.6 is 12.2 Å². The third kappa shape index (κ3) is 3.08. The Hall–Kier alpha value is -1.87. The molecule has 0 bridgehead atoms. The van der Waals surface area contributed by atoms with Gasteiger partial charge in [0.15, 0.2) is 5.11 Å². The van der Waals surface area contributed by atoms with E-state index in [0.29, 0.717) is 11.7 Å². The zero-order valence-corrected chi connectivity index (χ0v) is 11.2. The Morgan fingerprint density at radius 1 is 1.06 bits per heavy atom. The lowest BCUT2D eigenvalue weighted by Crippen LogP contribution is -2.34. The van der Waals surface area contributed by atoms with Gasteiger partial charge in [0.2, 0.25) is 0 Å². The lowest BCUT2D eigenvalue weighted by molar-refractivity contribution is 1.01. The van der Waals surface area contributed by atoms with Gasteiger partial charge in [-0.3, -0.25) is 0 Å². The van der Waals surface area contributed by atoms with Gasteiger partial charge < -0.3 is 10.6 Å². The van der Waals surface area contributed by atoms with E-state index in [2.05, 4.69) is 31.2 Å². The van der Waals surface area contributed by atoms with E-state index in [9.17, 15) is 0 Å². The van der Waals surface area contributed by atoms with Crippen molar-refractivity contribution in [2.24, 2.45) is 5.73 Å². The van der Waals surface area contributed by atoms with E-state index in [0.717, 1.165) is 5.69 Å². The largest absolute Gasteiger partial charge is 0.376 e. The number of hydrogen-bond donors (Lipinski definition) is 1. The van der Waals surface area contributed by atoms with Crippen LogP contribution in [0.15, 0.2) is 54.6 Å². The second-order valence-corrected chi connectivity index (χ2v) is 4.66. The molecule has 92 valence electrons. The van der Waals surface area contributed by atoms with Gasteiger partial charge in [-0.15, -0.1) is 0 Å². The molecule has 0 fully saturated rings. The quantitative estimate of drug-likeness (QED) is 0.855. The van der Waals surface area contributed by atoms with Crippen molar-refractivity contribution in [3.8, 4) is 0 Å². The van der Waals surface area contributed by atoms with E-state index in [1.165, 1.54) is 11.1 Å². The van der Waals surface area contributed by atoms with Crippen LogP contribution in [0.2, 0.25) is 0 Å². The lowest BCUT2D eigenvalue weighted by Gasteiger charge is -2.23. The molecule has 2 aromatic rings. The minimum atomic E-state index is 0.391. The minimum Gasteiger partial charge on any atom is -0.376 e. The molecule has 18 heavy (non-hydrogen) atoms. The number of aryl methyl sites for hydroxylation is 1. The molecule has 0 saturated carbocycles. The van der Waals surface area contributed by atoms with E-state index in [1.54, 1.807) is 0 Å². The number of hydrogen-bond acceptors (Lipinski definition) is 1. The first-order chi connectivity index (χ1) is 8.66. The van der Waals surface area contributed by atoms with E-state index < -0.39 is 0 Å². The first-order valence-corrected chi connectivity index (χ1v) is 6.25. The molecular weight excluding hydrogens is 240 g/mol. The van der Waals surface area contributed by atoms with Crippen LogP contribution in [0.3, 0.4) is 0 Å². The first kappa shape index (κ1) is 12.6. The van der Waals surface area contributed by atoms with Crippen LogP contribution in [0.1, 0.15) is 11.1 Å².